The van der Waals surface area contributed by atoms with Gasteiger partial charge in [0.1, 0.15) is 0 Å². The molecule has 0 spiro atoms. The van der Waals surface area contributed by atoms with Gasteiger partial charge in [0.15, 0.2) is 0 Å². The van der Waals surface area contributed by atoms with Crippen molar-refractivity contribution < 1.29 is 0 Å². The van der Waals surface area contributed by atoms with Crippen LogP contribution in [0.3, 0.4) is 0 Å². The van der Waals surface area contributed by atoms with E-state index in [0.29, 0.717) is 5.56 Å². The third-order valence-electron chi connectivity index (χ3n) is 4.13. The van der Waals surface area contributed by atoms with E-state index in [9.17, 15) is 0 Å². The van der Waals surface area contributed by atoms with Gasteiger partial charge in [-0.1, -0.05) is 23.7 Å². The molecule has 0 radical (unpaired) electrons. The maximum atomic E-state index is 9.03. The van der Waals surface area contributed by atoms with Crippen LogP contribution in [0, 0.1) is 18.3 Å². The minimum Gasteiger partial charge on any atom is -0.362 e. The van der Waals surface area contributed by atoms with Crippen molar-refractivity contribution in [1.29, 1.82) is 5.26 Å². The van der Waals surface area contributed by atoms with Crippen LogP contribution in [-0.4, -0.2) is 19.6 Å². The third kappa shape index (κ3) is 2.94. The van der Waals surface area contributed by atoms with Crippen LogP contribution in [0.2, 0.25) is 5.02 Å². The zero-order chi connectivity index (χ0) is 15.5. The molecule has 4 heteroatoms. The van der Waals surface area contributed by atoms with Gasteiger partial charge in [0.05, 0.1) is 17.7 Å². The average molecular weight is 312 g/mol. The SMILES string of the molecule is Cc1cc(C#N)ccc1N1CCNC[C@H]1c1ccc(Cl)cc1. The van der Waals surface area contributed by atoms with E-state index in [-0.39, 0.29) is 6.04 Å². The van der Waals surface area contributed by atoms with Crippen molar-refractivity contribution in [3.63, 3.8) is 0 Å². The molecule has 1 N–H and O–H groups in total. The Labute approximate surface area is 136 Å². The second-order valence-electron chi connectivity index (χ2n) is 5.58. The number of hydrogen-bond acceptors (Lipinski definition) is 3. The fraction of sp³-hybridized carbons (Fsp3) is 0.278. The summed E-state index contributed by atoms with van der Waals surface area (Å²) in [6.07, 6.45) is 0. The van der Waals surface area contributed by atoms with Crippen molar-refractivity contribution in [1.82, 2.24) is 5.32 Å². The first-order valence-electron chi connectivity index (χ1n) is 7.42. The molecule has 3 nitrogen and oxygen atoms in total. The monoisotopic (exact) mass is 311 g/mol. The van der Waals surface area contributed by atoms with Crippen molar-refractivity contribution in [2.24, 2.45) is 0 Å². The Morgan fingerprint density at radius 2 is 2.00 bits per heavy atom. The first-order valence-corrected chi connectivity index (χ1v) is 7.80. The molecule has 0 aromatic heterocycles. The number of anilines is 1. The number of halogens is 1. The Balaban J connectivity index is 1.96. The van der Waals surface area contributed by atoms with E-state index < -0.39 is 0 Å². The summed E-state index contributed by atoms with van der Waals surface area (Å²) in [7, 11) is 0. The van der Waals surface area contributed by atoms with Crippen LogP contribution >= 0.6 is 11.6 Å². The van der Waals surface area contributed by atoms with Crippen molar-refractivity contribution in [3.8, 4) is 6.07 Å². The van der Waals surface area contributed by atoms with Gasteiger partial charge in [-0.15, -0.1) is 0 Å². The Kier molecular flexibility index (Phi) is 4.33. The quantitative estimate of drug-likeness (QED) is 0.919. The standard InChI is InChI=1S/C18H18ClN3/c1-13-10-14(11-20)2-7-17(13)22-9-8-21-12-18(22)15-3-5-16(19)6-4-15/h2-7,10,18,21H,8-9,12H2,1H3/t18-/m0/s1. The van der Waals surface area contributed by atoms with E-state index >= 15 is 0 Å². The molecule has 0 unspecified atom stereocenters. The van der Waals surface area contributed by atoms with Gasteiger partial charge >= 0.3 is 0 Å². The zero-order valence-corrected chi connectivity index (χ0v) is 13.3. The largest absolute Gasteiger partial charge is 0.362 e. The van der Waals surface area contributed by atoms with Crippen LogP contribution in [0.1, 0.15) is 22.7 Å². The number of nitrogens with zero attached hydrogens (tertiary/aromatic N) is 2. The van der Waals surface area contributed by atoms with Crippen LogP contribution < -0.4 is 10.2 Å². The topological polar surface area (TPSA) is 39.1 Å². The van der Waals surface area contributed by atoms with Crippen molar-refractivity contribution >= 4 is 17.3 Å². The molecule has 2 aromatic rings. The molecule has 1 aliphatic heterocycles. The van der Waals surface area contributed by atoms with Crippen molar-refractivity contribution in [3.05, 3.63) is 64.2 Å². The number of hydrogen-bond donors (Lipinski definition) is 1. The first kappa shape index (κ1) is 14.9. The molecule has 0 amide bonds. The van der Waals surface area contributed by atoms with E-state index in [1.165, 1.54) is 11.3 Å². The minimum atomic E-state index is 0.276. The van der Waals surface area contributed by atoms with E-state index in [1.807, 2.05) is 24.3 Å². The molecule has 0 saturated carbocycles. The van der Waals surface area contributed by atoms with Gasteiger partial charge in [-0.25, -0.2) is 0 Å². The zero-order valence-electron chi connectivity index (χ0n) is 12.5. The maximum absolute atomic E-state index is 9.03. The second kappa shape index (κ2) is 6.39. The maximum Gasteiger partial charge on any atom is 0.0991 e. The molecule has 1 atom stereocenters. The highest BCUT2D eigenvalue weighted by molar-refractivity contribution is 6.30. The number of nitrogens with one attached hydrogen (secondary N) is 1. The van der Waals surface area contributed by atoms with Gasteiger partial charge in [-0.05, 0) is 48.4 Å². The lowest BCUT2D eigenvalue weighted by Gasteiger charge is -2.39. The number of aryl methyl sites for hydroxylation is 1. The highest BCUT2D eigenvalue weighted by Gasteiger charge is 2.25. The summed E-state index contributed by atoms with van der Waals surface area (Å²) in [5, 5.41) is 13.3. The third-order valence-corrected chi connectivity index (χ3v) is 4.39. The average Bonchev–Trinajstić information content (AvgIpc) is 2.55. The lowest BCUT2D eigenvalue weighted by Crippen LogP contribution is -2.46. The fourth-order valence-corrected chi connectivity index (χ4v) is 3.15. The van der Waals surface area contributed by atoms with Gasteiger partial charge in [-0.2, -0.15) is 5.26 Å². The molecular weight excluding hydrogens is 294 g/mol. The van der Waals surface area contributed by atoms with E-state index in [2.05, 4.69) is 41.4 Å². The summed E-state index contributed by atoms with van der Waals surface area (Å²) in [6, 6.07) is 16.4. The lowest BCUT2D eigenvalue weighted by atomic mass is 10.0. The summed E-state index contributed by atoms with van der Waals surface area (Å²) in [4.78, 5) is 2.41. The first-order chi connectivity index (χ1) is 10.7. The number of nitriles is 1. The molecule has 3 rings (SSSR count). The highest BCUT2D eigenvalue weighted by atomic mass is 35.5. The summed E-state index contributed by atoms with van der Waals surface area (Å²) in [5.74, 6) is 0. The van der Waals surface area contributed by atoms with E-state index in [4.69, 9.17) is 16.9 Å². The van der Waals surface area contributed by atoms with Gasteiger partial charge in [-0.3, -0.25) is 0 Å². The summed E-state index contributed by atoms with van der Waals surface area (Å²) >= 11 is 6.00. The smallest absolute Gasteiger partial charge is 0.0991 e. The summed E-state index contributed by atoms with van der Waals surface area (Å²) in [6.45, 7) is 4.88. The molecule has 0 aliphatic carbocycles. The Morgan fingerprint density at radius 1 is 1.23 bits per heavy atom. The predicted molar refractivity (Wildman–Crippen MR) is 90.3 cm³/mol. The van der Waals surface area contributed by atoms with Crippen LogP contribution in [0.4, 0.5) is 5.69 Å². The molecule has 1 fully saturated rings. The summed E-state index contributed by atoms with van der Waals surface area (Å²) in [5.41, 5.74) is 4.29. The minimum absolute atomic E-state index is 0.276. The molecule has 1 saturated heterocycles. The van der Waals surface area contributed by atoms with Crippen molar-refractivity contribution in [2.45, 2.75) is 13.0 Å². The molecule has 0 bridgehead atoms. The predicted octanol–water partition coefficient (Wildman–Crippen LogP) is 3.67. The van der Waals surface area contributed by atoms with Gasteiger partial charge < -0.3 is 10.2 Å². The second-order valence-corrected chi connectivity index (χ2v) is 6.01. The molecule has 2 aromatic carbocycles. The lowest BCUT2D eigenvalue weighted by molar-refractivity contribution is 0.489. The van der Waals surface area contributed by atoms with Crippen LogP contribution in [-0.2, 0) is 0 Å². The Bertz CT molecular complexity index is 703. The molecule has 112 valence electrons. The molecule has 1 aliphatic rings. The highest BCUT2D eigenvalue weighted by Crippen LogP contribution is 2.31. The number of piperazine rings is 1. The number of rotatable bonds is 2. The normalized spacial score (nSPS) is 18.0. The van der Waals surface area contributed by atoms with Gasteiger partial charge in [0.2, 0.25) is 0 Å². The van der Waals surface area contributed by atoms with E-state index in [0.717, 1.165) is 30.2 Å². The summed E-state index contributed by atoms with van der Waals surface area (Å²) < 4.78 is 0. The van der Waals surface area contributed by atoms with E-state index in [1.54, 1.807) is 0 Å². The van der Waals surface area contributed by atoms with Gasteiger partial charge in [0.25, 0.3) is 0 Å². The van der Waals surface area contributed by atoms with Gasteiger partial charge in [0, 0.05) is 30.3 Å². The molecular formula is C18H18ClN3. The van der Waals surface area contributed by atoms with Crippen LogP contribution in [0.15, 0.2) is 42.5 Å². The Hall–Kier alpha value is -2.02. The van der Waals surface area contributed by atoms with Crippen LogP contribution in [0.5, 0.6) is 0 Å². The van der Waals surface area contributed by atoms with Crippen LogP contribution in [0.25, 0.3) is 0 Å². The number of benzene rings is 2. The Morgan fingerprint density at radius 3 is 2.68 bits per heavy atom. The molecule has 1 heterocycles. The fourth-order valence-electron chi connectivity index (χ4n) is 3.02. The molecule has 22 heavy (non-hydrogen) atoms. The van der Waals surface area contributed by atoms with Crippen molar-refractivity contribution in [2.75, 3.05) is 24.5 Å².